The third-order valence-corrected chi connectivity index (χ3v) is 4.13. The maximum Gasteiger partial charge on any atom is 0.269 e. The van der Waals surface area contributed by atoms with Crippen molar-refractivity contribution < 1.29 is 18.5 Å². The number of halogens is 3. The van der Waals surface area contributed by atoms with E-state index in [1.807, 2.05) is 0 Å². The van der Waals surface area contributed by atoms with Crippen molar-refractivity contribution >= 4 is 24.0 Å². The molecule has 2 heterocycles. The van der Waals surface area contributed by atoms with Crippen LogP contribution in [0.15, 0.2) is 18.2 Å². The highest BCUT2D eigenvalue weighted by atomic mass is 35.5. The first kappa shape index (κ1) is 17.6. The van der Waals surface area contributed by atoms with Gasteiger partial charge < -0.3 is 4.90 Å². The van der Waals surface area contributed by atoms with E-state index in [1.165, 1.54) is 17.0 Å². The number of amides is 1. The van der Waals surface area contributed by atoms with Crippen molar-refractivity contribution in [2.45, 2.75) is 31.4 Å². The average Bonchev–Trinajstić information content (AvgIpc) is 2.85. The van der Waals surface area contributed by atoms with Crippen molar-refractivity contribution in [1.82, 2.24) is 10.2 Å². The van der Waals surface area contributed by atoms with E-state index in [-0.39, 0.29) is 30.5 Å². The van der Waals surface area contributed by atoms with Gasteiger partial charge in [0.1, 0.15) is 0 Å². The molecule has 0 saturated carbocycles. The van der Waals surface area contributed by atoms with Gasteiger partial charge in [0.15, 0.2) is 0 Å². The number of benzene rings is 1. The van der Waals surface area contributed by atoms with Crippen LogP contribution in [-0.4, -0.2) is 40.8 Å². The van der Waals surface area contributed by atoms with E-state index in [9.17, 15) is 23.7 Å². The summed E-state index contributed by atoms with van der Waals surface area (Å²) in [7, 11) is 0. The first-order valence-corrected chi connectivity index (χ1v) is 7.02. The Morgan fingerprint density at radius 2 is 2.13 bits per heavy atom. The van der Waals surface area contributed by atoms with Gasteiger partial charge in [-0.05, 0) is 17.5 Å². The number of carbonyl (C=O) groups excluding carboxylic acids is 1. The summed E-state index contributed by atoms with van der Waals surface area (Å²) in [5, 5.41) is 13.4. The molecule has 1 N–H and O–H groups in total. The standard InChI is InChI=1S/C14H15F2N3O3.ClH/c15-14(16)6-12(17-8-14)13(20)18-4-3-9-1-2-11(19(21)22)5-10(9)7-18;/h1-2,5,12,17H,3-4,6-8H2;1H. The number of nitro groups is 1. The fraction of sp³-hybridized carbons (Fsp3) is 0.500. The lowest BCUT2D eigenvalue weighted by atomic mass is 9.98. The van der Waals surface area contributed by atoms with E-state index < -0.39 is 29.9 Å². The number of hydrogen-bond acceptors (Lipinski definition) is 4. The summed E-state index contributed by atoms with van der Waals surface area (Å²) in [6, 6.07) is 3.70. The number of carbonyl (C=O) groups is 1. The van der Waals surface area contributed by atoms with Gasteiger partial charge in [-0.2, -0.15) is 0 Å². The monoisotopic (exact) mass is 347 g/mol. The summed E-state index contributed by atoms with van der Waals surface area (Å²) in [6.45, 7) is 0.173. The zero-order chi connectivity index (χ0) is 15.9. The highest BCUT2D eigenvalue weighted by Gasteiger charge is 2.43. The molecule has 2 aliphatic rings. The van der Waals surface area contributed by atoms with Crippen molar-refractivity contribution in [3.05, 3.63) is 39.4 Å². The molecule has 9 heteroatoms. The zero-order valence-corrected chi connectivity index (χ0v) is 12.9. The van der Waals surface area contributed by atoms with Crippen molar-refractivity contribution in [1.29, 1.82) is 0 Å². The summed E-state index contributed by atoms with van der Waals surface area (Å²) in [5.74, 6) is -3.22. The van der Waals surface area contributed by atoms with Crippen LogP contribution in [0, 0.1) is 10.1 Å². The van der Waals surface area contributed by atoms with Gasteiger partial charge in [0, 0.05) is 31.6 Å². The van der Waals surface area contributed by atoms with E-state index >= 15 is 0 Å². The minimum absolute atomic E-state index is 0. The van der Waals surface area contributed by atoms with Crippen molar-refractivity contribution in [3.63, 3.8) is 0 Å². The number of nitrogens with one attached hydrogen (secondary N) is 1. The Hall–Kier alpha value is -1.80. The molecule has 23 heavy (non-hydrogen) atoms. The van der Waals surface area contributed by atoms with E-state index in [2.05, 4.69) is 5.32 Å². The maximum absolute atomic E-state index is 13.2. The molecule has 0 aliphatic carbocycles. The number of hydrogen-bond donors (Lipinski definition) is 1. The summed E-state index contributed by atoms with van der Waals surface area (Å²) >= 11 is 0. The summed E-state index contributed by atoms with van der Waals surface area (Å²) in [6.07, 6.45) is 0.0757. The lowest BCUT2D eigenvalue weighted by Gasteiger charge is -2.30. The second kappa shape index (κ2) is 6.37. The molecule has 0 aromatic heterocycles. The van der Waals surface area contributed by atoms with Crippen LogP contribution in [0.25, 0.3) is 0 Å². The Balaban J connectivity index is 0.00000192. The van der Waals surface area contributed by atoms with Crippen LogP contribution in [0.2, 0.25) is 0 Å². The van der Waals surface area contributed by atoms with Gasteiger partial charge in [0.25, 0.3) is 11.6 Å². The van der Waals surface area contributed by atoms with E-state index in [4.69, 9.17) is 0 Å². The van der Waals surface area contributed by atoms with Crippen LogP contribution in [0.4, 0.5) is 14.5 Å². The summed E-state index contributed by atoms with van der Waals surface area (Å²) in [5.41, 5.74) is 1.64. The van der Waals surface area contributed by atoms with Crippen molar-refractivity contribution in [3.8, 4) is 0 Å². The van der Waals surface area contributed by atoms with Crippen LogP contribution in [0.1, 0.15) is 17.5 Å². The topological polar surface area (TPSA) is 75.5 Å². The third-order valence-electron chi connectivity index (χ3n) is 4.13. The fourth-order valence-electron chi connectivity index (χ4n) is 2.96. The van der Waals surface area contributed by atoms with Gasteiger partial charge >= 0.3 is 0 Å². The second-order valence-corrected chi connectivity index (χ2v) is 5.71. The van der Waals surface area contributed by atoms with Gasteiger partial charge in [-0.15, -0.1) is 12.4 Å². The Bertz CT molecular complexity index is 642. The van der Waals surface area contributed by atoms with Crippen molar-refractivity contribution in [2.24, 2.45) is 0 Å². The number of non-ortho nitro benzene ring substituents is 1. The summed E-state index contributed by atoms with van der Waals surface area (Å²) in [4.78, 5) is 24.1. The molecule has 6 nitrogen and oxygen atoms in total. The van der Waals surface area contributed by atoms with Crippen LogP contribution < -0.4 is 5.32 Å². The normalized spacial score (nSPS) is 22.2. The smallest absolute Gasteiger partial charge is 0.269 e. The van der Waals surface area contributed by atoms with E-state index in [0.717, 1.165) is 5.56 Å². The van der Waals surface area contributed by atoms with Crippen LogP contribution in [0.3, 0.4) is 0 Å². The molecule has 0 radical (unpaired) electrons. The van der Waals surface area contributed by atoms with Gasteiger partial charge in [-0.25, -0.2) is 8.78 Å². The van der Waals surface area contributed by atoms with Gasteiger partial charge in [0.2, 0.25) is 5.91 Å². The number of nitrogens with zero attached hydrogens (tertiary/aromatic N) is 2. The molecule has 1 atom stereocenters. The SMILES string of the molecule is Cl.O=C(C1CC(F)(F)CN1)N1CCc2ccc([N+](=O)[O-])cc2C1. The predicted molar refractivity (Wildman–Crippen MR) is 80.8 cm³/mol. The molecule has 1 aromatic rings. The molecular formula is C14H16ClF2N3O3. The number of rotatable bonds is 2. The molecule has 1 saturated heterocycles. The quantitative estimate of drug-likeness (QED) is 0.655. The Morgan fingerprint density at radius 1 is 1.39 bits per heavy atom. The largest absolute Gasteiger partial charge is 0.337 e. The number of nitro benzene ring substituents is 1. The van der Waals surface area contributed by atoms with Crippen molar-refractivity contribution in [2.75, 3.05) is 13.1 Å². The molecule has 1 amide bonds. The van der Waals surface area contributed by atoms with Gasteiger partial charge in [-0.1, -0.05) is 6.07 Å². The van der Waals surface area contributed by atoms with Crippen LogP contribution in [0.5, 0.6) is 0 Å². The summed E-state index contributed by atoms with van der Waals surface area (Å²) < 4.78 is 26.4. The lowest BCUT2D eigenvalue weighted by molar-refractivity contribution is -0.385. The first-order valence-electron chi connectivity index (χ1n) is 7.02. The number of alkyl halides is 2. The Kier molecular flexibility index (Phi) is 4.86. The molecule has 2 aliphatic heterocycles. The van der Waals surface area contributed by atoms with Crippen LogP contribution in [-0.2, 0) is 17.8 Å². The van der Waals surface area contributed by atoms with Gasteiger partial charge in [-0.3, -0.25) is 20.2 Å². The Labute approximate surface area is 137 Å². The van der Waals surface area contributed by atoms with Crippen LogP contribution >= 0.6 is 12.4 Å². The molecule has 3 rings (SSSR count). The molecular weight excluding hydrogens is 332 g/mol. The minimum atomic E-state index is -2.85. The van der Waals surface area contributed by atoms with E-state index in [1.54, 1.807) is 6.07 Å². The molecule has 1 unspecified atom stereocenters. The molecule has 1 fully saturated rings. The molecule has 0 spiro atoms. The third kappa shape index (κ3) is 3.59. The highest BCUT2D eigenvalue weighted by Crippen LogP contribution is 2.28. The first-order chi connectivity index (χ1) is 10.4. The van der Waals surface area contributed by atoms with E-state index in [0.29, 0.717) is 18.5 Å². The second-order valence-electron chi connectivity index (χ2n) is 5.71. The predicted octanol–water partition coefficient (Wildman–Crippen LogP) is 1.90. The molecule has 1 aromatic carbocycles. The minimum Gasteiger partial charge on any atom is -0.337 e. The molecule has 126 valence electrons. The number of fused-ring (bicyclic) bond motifs is 1. The lowest BCUT2D eigenvalue weighted by Crippen LogP contribution is -2.45. The fourth-order valence-corrected chi connectivity index (χ4v) is 2.96. The maximum atomic E-state index is 13.2. The van der Waals surface area contributed by atoms with Gasteiger partial charge in [0.05, 0.1) is 17.5 Å². The molecule has 0 bridgehead atoms. The highest BCUT2D eigenvalue weighted by molar-refractivity contribution is 5.85. The zero-order valence-electron chi connectivity index (χ0n) is 12.1. The average molecular weight is 348 g/mol. The Morgan fingerprint density at radius 3 is 2.74 bits per heavy atom.